The van der Waals surface area contributed by atoms with Crippen LogP contribution in [-0.4, -0.2) is 41.9 Å². The summed E-state index contributed by atoms with van der Waals surface area (Å²) in [5.41, 5.74) is 2.47. The lowest BCUT2D eigenvalue weighted by molar-refractivity contribution is -0.116. The predicted octanol–water partition coefficient (Wildman–Crippen LogP) is 2.28. The van der Waals surface area contributed by atoms with Crippen LogP contribution in [0, 0.1) is 0 Å². The Balaban J connectivity index is 1.57. The number of carbonyl (C=O) groups excluding carboxylic acids is 1. The third kappa shape index (κ3) is 4.62. The van der Waals surface area contributed by atoms with E-state index in [1.165, 1.54) is 11.3 Å². The highest BCUT2D eigenvalue weighted by Gasteiger charge is 2.25. The van der Waals surface area contributed by atoms with Crippen molar-refractivity contribution < 1.29 is 13.2 Å². The van der Waals surface area contributed by atoms with Crippen LogP contribution in [0.25, 0.3) is 0 Å². The lowest BCUT2D eigenvalue weighted by Crippen LogP contribution is -2.35. The van der Waals surface area contributed by atoms with Crippen LogP contribution < -0.4 is 5.32 Å². The van der Waals surface area contributed by atoms with Crippen molar-refractivity contribution in [1.29, 1.82) is 0 Å². The second-order valence-electron chi connectivity index (χ2n) is 5.90. The fourth-order valence-corrected chi connectivity index (χ4v) is 4.73. The first-order chi connectivity index (χ1) is 12.1. The first-order valence-electron chi connectivity index (χ1n) is 8.21. The zero-order chi connectivity index (χ0) is 17.7. The van der Waals surface area contributed by atoms with Crippen LogP contribution >= 0.6 is 11.3 Å². The van der Waals surface area contributed by atoms with E-state index in [0.29, 0.717) is 36.0 Å². The van der Waals surface area contributed by atoms with Gasteiger partial charge in [-0.2, -0.15) is 4.31 Å². The van der Waals surface area contributed by atoms with Crippen LogP contribution in [0.15, 0.2) is 34.7 Å². The monoisotopic (exact) mass is 380 g/mol. The van der Waals surface area contributed by atoms with Gasteiger partial charge in [-0.1, -0.05) is 29.9 Å². The Labute approximate surface area is 151 Å². The van der Waals surface area contributed by atoms with Crippen molar-refractivity contribution in [1.82, 2.24) is 14.5 Å². The molecule has 1 aromatic carbocycles. The molecule has 134 valence electrons. The van der Waals surface area contributed by atoms with Crippen molar-refractivity contribution in [2.24, 2.45) is 0 Å². The number of sulfonamides is 1. The number of hydrogen-bond donors (Lipinski definition) is 1. The van der Waals surface area contributed by atoms with Gasteiger partial charge in [0.2, 0.25) is 21.1 Å². The molecule has 2 heterocycles. The molecule has 1 N–H and O–H groups in total. The number of nitrogens with zero attached hydrogens (tertiary/aromatic N) is 3. The van der Waals surface area contributed by atoms with E-state index in [-0.39, 0.29) is 5.91 Å². The maximum absolute atomic E-state index is 12.6. The minimum Gasteiger partial charge on any atom is -0.301 e. The molecule has 1 amide bonds. The van der Waals surface area contributed by atoms with Crippen LogP contribution in [0.2, 0.25) is 0 Å². The molecule has 0 radical (unpaired) electrons. The summed E-state index contributed by atoms with van der Waals surface area (Å²) < 4.78 is 26.7. The number of anilines is 1. The van der Waals surface area contributed by atoms with Gasteiger partial charge in [-0.15, -0.1) is 10.2 Å². The fraction of sp³-hybridized carbons (Fsp3) is 0.438. The molecular formula is C16H20N4O3S2. The van der Waals surface area contributed by atoms with Gasteiger partial charge in [-0.05, 0) is 37.0 Å². The van der Waals surface area contributed by atoms with E-state index in [1.54, 1.807) is 34.1 Å². The number of hydrogen-bond acceptors (Lipinski definition) is 6. The van der Waals surface area contributed by atoms with Crippen LogP contribution in [0.3, 0.4) is 0 Å². The van der Waals surface area contributed by atoms with Crippen LogP contribution in [0.1, 0.15) is 31.2 Å². The Hall–Kier alpha value is -1.84. The van der Waals surface area contributed by atoms with Gasteiger partial charge in [-0.25, -0.2) is 8.42 Å². The van der Waals surface area contributed by atoms with Crippen molar-refractivity contribution in [3.05, 3.63) is 35.3 Å². The number of carbonyl (C=O) groups is 1. The highest BCUT2D eigenvalue weighted by Crippen LogP contribution is 2.21. The quantitative estimate of drug-likeness (QED) is 0.830. The van der Waals surface area contributed by atoms with Gasteiger partial charge in [0.1, 0.15) is 5.51 Å². The Morgan fingerprint density at radius 3 is 2.52 bits per heavy atom. The van der Waals surface area contributed by atoms with Gasteiger partial charge in [-0.3, -0.25) is 4.79 Å². The molecule has 1 saturated heterocycles. The molecule has 1 fully saturated rings. The molecule has 0 spiro atoms. The minimum absolute atomic E-state index is 0.137. The van der Waals surface area contributed by atoms with Crippen molar-refractivity contribution in [2.75, 3.05) is 18.4 Å². The molecule has 1 aliphatic heterocycles. The summed E-state index contributed by atoms with van der Waals surface area (Å²) in [6.45, 7) is 1.19. The van der Waals surface area contributed by atoms with E-state index in [1.807, 2.05) is 0 Å². The molecule has 25 heavy (non-hydrogen) atoms. The average molecular weight is 380 g/mol. The highest BCUT2D eigenvalue weighted by molar-refractivity contribution is 7.89. The van der Waals surface area contributed by atoms with Crippen molar-refractivity contribution in [2.45, 2.75) is 37.0 Å². The van der Waals surface area contributed by atoms with Crippen LogP contribution in [-0.2, 0) is 21.2 Å². The van der Waals surface area contributed by atoms with E-state index in [0.717, 1.165) is 24.8 Å². The SMILES string of the molecule is O=C(CCc1ccc(S(=O)(=O)N2CCCCC2)cc1)Nc1nncs1. The van der Waals surface area contributed by atoms with Crippen molar-refractivity contribution in [3.63, 3.8) is 0 Å². The second kappa shape index (κ2) is 8.03. The van der Waals surface area contributed by atoms with E-state index in [2.05, 4.69) is 15.5 Å². The Morgan fingerprint density at radius 2 is 1.88 bits per heavy atom. The minimum atomic E-state index is -3.40. The summed E-state index contributed by atoms with van der Waals surface area (Å²) in [4.78, 5) is 12.2. The number of rotatable bonds is 6. The van der Waals surface area contributed by atoms with Crippen molar-refractivity contribution >= 4 is 32.4 Å². The first-order valence-corrected chi connectivity index (χ1v) is 10.5. The molecule has 9 heteroatoms. The van der Waals surface area contributed by atoms with Gasteiger partial charge in [0, 0.05) is 19.5 Å². The van der Waals surface area contributed by atoms with E-state index < -0.39 is 10.0 Å². The molecule has 2 aromatic rings. The topological polar surface area (TPSA) is 92.3 Å². The highest BCUT2D eigenvalue weighted by atomic mass is 32.2. The summed E-state index contributed by atoms with van der Waals surface area (Å²) >= 11 is 1.27. The van der Waals surface area contributed by atoms with E-state index in [9.17, 15) is 13.2 Å². The van der Waals surface area contributed by atoms with Gasteiger partial charge >= 0.3 is 0 Å². The molecule has 3 rings (SSSR count). The fourth-order valence-electron chi connectivity index (χ4n) is 2.75. The Kier molecular flexibility index (Phi) is 5.77. The summed E-state index contributed by atoms with van der Waals surface area (Å²) in [6.07, 6.45) is 3.76. The smallest absolute Gasteiger partial charge is 0.243 e. The molecule has 1 aliphatic rings. The molecule has 0 unspecified atom stereocenters. The van der Waals surface area contributed by atoms with Gasteiger partial charge in [0.25, 0.3) is 0 Å². The van der Waals surface area contributed by atoms with E-state index in [4.69, 9.17) is 0 Å². The molecule has 0 aliphatic carbocycles. The number of piperidine rings is 1. The number of benzene rings is 1. The molecule has 0 bridgehead atoms. The number of aryl methyl sites for hydroxylation is 1. The number of nitrogens with one attached hydrogen (secondary N) is 1. The standard InChI is InChI=1S/C16H20N4O3S2/c21-15(18-16-19-17-12-24-16)9-6-13-4-7-14(8-5-13)25(22,23)20-10-2-1-3-11-20/h4-5,7-8,12H,1-3,6,9-11H2,(H,18,19,21). The summed E-state index contributed by atoms with van der Waals surface area (Å²) in [6, 6.07) is 6.80. The first kappa shape index (κ1) is 18.0. The molecule has 1 aromatic heterocycles. The maximum atomic E-state index is 12.6. The average Bonchev–Trinajstić information content (AvgIpc) is 3.14. The maximum Gasteiger partial charge on any atom is 0.243 e. The Morgan fingerprint density at radius 1 is 1.16 bits per heavy atom. The number of aromatic nitrogens is 2. The van der Waals surface area contributed by atoms with Crippen molar-refractivity contribution in [3.8, 4) is 0 Å². The summed E-state index contributed by atoms with van der Waals surface area (Å²) in [5, 5.41) is 10.6. The Bertz CT molecular complexity index is 798. The lowest BCUT2D eigenvalue weighted by atomic mass is 10.1. The molecule has 7 nitrogen and oxygen atoms in total. The van der Waals surface area contributed by atoms with Crippen LogP contribution in [0.5, 0.6) is 0 Å². The zero-order valence-electron chi connectivity index (χ0n) is 13.7. The van der Waals surface area contributed by atoms with Crippen LogP contribution in [0.4, 0.5) is 5.13 Å². The third-order valence-electron chi connectivity index (χ3n) is 4.12. The van der Waals surface area contributed by atoms with Gasteiger partial charge in [0.15, 0.2) is 0 Å². The lowest BCUT2D eigenvalue weighted by Gasteiger charge is -2.25. The number of amides is 1. The largest absolute Gasteiger partial charge is 0.301 e. The van der Waals surface area contributed by atoms with E-state index >= 15 is 0 Å². The predicted molar refractivity (Wildman–Crippen MR) is 95.9 cm³/mol. The zero-order valence-corrected chi connectivity index (χ0v) is 15.4. The third-order valence-corrected chi connectivity index (χ3v) is 6.64. The molecular weight excluding hydrogens is 360 g/mol. The molecule has 0 atom stereocenters. The van der Waals surface area contributed by atoms with Gasteiger partial charge in [0.05, 0.1) is 4.90 Å². The summed E-state index contributed by atoms with van der Waals surface area (Å²) in [5.74, 6) is -0.137. The molecule has 0 saturated carbocycles. The second-order valence-corrected chi connectivity index (χ2v) is 8.67. The van der Waals surface area contributed by atoms with Gasteiger partial charge < -0.3 is 5.32 Å². The normalized spacial score (nSPS) is 15.8. The summed E-state index contributed by atoms with van der Waals surface area (Å²) in [7, 11) is -3.40.